The van der Waals surface area contributed by atoms with Gasteiger partial charge in [0.1, 0.15) is 5.75 Å². The van der Waals surface area contributed by atoms with Crippen LogP contribution >= 0.6 is 15.9 Å². The van der Waals surface area contributed by atoms with Crippen LogP contribution in [0.1, 0.15) is 23.1 Å². The van der Waals surface area contributed by atoms with Gasteiger partial charge >= 0.3 is 0 Å². The van der Waals surface area contributed by atoms with Crippen molar-refractivity contribution in [2.75, 3.05) is 7.11 Å². The van der Waals surface area contributed by atoms with Crippen LogP contribution in [0.2, 0.25) is 0 Å². The van der Waals surface area contributed by atoms with Crippen molar-refractivity contribution in [2.45, 2.75) is 31.3 Å². The van der Waals surface area contributed by atoms with Crippen LogP contribution in [0.15, 0.2) is 46.9 Å². The minimum Gasteiger partial charge on any atom is -0.496 e. The first-order valence-corrected chi connectivity index (χ1v) is 8.00. The summed E-state index contributed by atoms with van der Waals surface area (Å²) < 4.78 is 6.44. The molecule has 2 nitrogen and oxygen atoms in total. The zero-order valence-corrected chi connectivity index (χ0v) is 13.7. The monoisotopic (exact) mass is 346 g/mol. The third-order valence-electron chi connectivity index (χ3n) is 4.26. The molecule has 1 atom stereocenters. The molecule has 0 bridgehead atoms. The minimum atomic E-state index is -0.692. The summed E-state index contributed by atoms with van der Waals surface area (Å²) in [6, 6.07) is 14.3. The van der Waals surface area contributed by atoms with Gasteiger partial charge in [-0.25, -0.2) is 0 Å². The summed E-state index contributed by atoms with van der Waals surface area (Å²) in [5, 5.41) is 11.0. The highest BCUT2D eigenvalue weighted by atomic mass is 79.9. The molecule has 2 aromatic carbocycles. The summed E-state index contributed by atoms with van der Waals surface area (Å²) in [5.74, 6) is 0.838. The Morgan fingerprint density at radius 2 is 1.95 bits per heavy atom. The van der Waals surface area contributed by atoms with Gasteiger partial charge in [-0.2, -0.15) is 0 Å². The zero-order valence-electron chi connectivity index (χ0n) is 12.1. The number of methoxy groups -OCH3 is 1. The van der Waals surface area contributed by atoms with Gasteiger partial charge in [0.15, 0.2) is 0 Å². The number of rotatable bonds is 3. The van der Waals surface area contributed by atoms with E-state index in [1.165, 1.54) is 11.1 Å². The van der Waals surface area contributed by atoms with E-state index < -0.39 is 5.60 Å². The molecular weight excluding hydrogens is 328 g/mol. The molecule has 0 aromatic heterocycles. The molecule has 110 valence electrons. The average molecular weight is 347 g/mol. The van der Waals surface area contributed by atoms with E-state index in [1.807, 2.05) is 24.3 Å². The van der Waals surface area contributed by atoms with E-state index in [9.17, 15) is 5.11 Å². The van der Waals surface area contributed by atoms with Crippen LogP contribution in [0, 0.1) is 0 Å². The lowest BCUT2D eigenvalue weighted by Crippen LogP contribution is -2.38. The van der Waals surface area contributed by atoms with Crippen LogP contribution in [0.4, 0.5) is 0 Å². The summed E-state index contributed by atoms with van der Waals surface area (Å²) >= 11 is 3.50. The molecule has 3 rings (SSSR count). The topological polar surface area (TPSA) is 29.5 Å². The quantitative estimate of drug-likeness (QED) is 0.912. The Morgan fingerprint density at radius 1 is 1.19 bits per heavy atom. The largest absolute Gasteiger partial charge is 0.496 e. The maximum atomic E-state index is 11.0. The lowest BCUT2D eigenvalue weighted by Gasteiger charge is -2.34. The first kappa shape index (κ1) is 14.6. The number of hydrogen-bond acceptors (Lipinski definition) is 2. The second kappa shape index (κ2) is 5.82. The first-order valence-electron chi connectivity index (χ1n) is 7.21. The molecule has 0 aliphatic heterocycles. The third-order valence-corrected chi connectivity index (χ3v) is 4.75. The fraction of sp³-hybridized carbons (Fsp3) is 0.333. The molecule has 0 saturated carbocycles. The lowest BCUT2D eigenvalue weighted by atomic mass is 9.77. The normalized spacial score (nSPS) is 20.9. The van der Waals surface area contributed by atoms with Gasteiger partial charge in [-0.15, -0.1) is 0 Å². The molecule has 0 radical (unpaired) electrons. The molecule has 0 saturated heterocycles. The fourth-order valence-electron chi connectivity index (χ4n) is 3.17. The predicted octanol–water partition coefficient (Wildman–Crippen LogP) is 3.92. The van der Waals surface area contributed by atoms with E-state index in [-0.39, 0.29) is 0 Å². The van der Waals surface area contributed by atoms with Crippen molar-refractivity contribution in [3.63, 3.8) is 0 Å². The Hall–Kier alpha value is -1.32. The van der Waals surface area contributed by atoms with E-state index in [0.717, 1.165) is 28.6 Å². The number of halogens is 1. The summed E-state index contributed by atoms with van der Waals surface area (Å²) in [4.78, 5) is 0. The van der Waals surface area contributed by atoms with E-state index in [4.69, 9.17) is 4.74 Å². The van der Waals surface area contributed by atoms with Crippen molar-refractivity contribution in [1.82, 2.24) is 0 Å². The molecule has 0 heterocycles. The maximum Gasteiger partial charge on any atom is 0.122 e. The van der Waals surface area contributed by atoms with Gasteiger partial charge in [0, 0.05) is 17.3 Å². The smallest absolute Gasteiger partial charge is 0.122 e. The van der Waals surface area contributed by atoms with Gasteiger partial charge < -0.3 is 9.84 Å². The molecule has 3 heteroatoms. The molecule has 21 heavy (non-hydrogen) atoms. The molecule has 2 aromatic rings. The highest BCUT2D eigenvalue weighted by molar-refractivity contribution is 9.10. The Labute approximate surface area is 133 Å². The van der Waals surface area contributed by atoms with Crippen molar-refractivity contribution < 1.29 is 9.84 Å². The SMILES string of the molecule is COc1ccc(Br)cc1CC1(O)CCc2ccccc2C1. The van der Waals surface area contributed by atoms with Gasteiger partial charge in [-0.3, -0.25) is 0 Å². The molecule has 1 aliphatic carbocycles. The van der Waals surface area contributed by atoms with Gasteiger partial charge in [0.05, 0.1) is 12.7 Å². The molecular formula is C18H19BrO2. The number of aliphatic hydroxyl groups is 1. The van der Waals surface area contributed by atoms with Gasteiger partial charge in [0.2, 0.25) is 0 Å². The Bertz CT molecular complexity index is 653. The molecule has 1 unspecified atom stereocenters. The summed E-state index contributed by atoms with van der Waals surface area (Å²) in [6.45, 7) is 0. The standard InChI is InChI=1S/C18H19BrO2/c1-21-17-7-6-16(19)10-15(17)12-18(20)9-8-13-4-2-3-5-14(13)11-18/h2-7,10,20H,8-9,11-12H2,1H3. The third kappa shape index (κ3) is 3.14. The Morgan fingerprint density at radius 3 is 2.71 bits per heavy atom. The second-order valence-corrected chi connectivity index (χ2v) is 6.72. The lowest BCUT2D eigenvalue weighted by molar-refractivity contribution is 0.0262. The average Bonchev–Trinajstić information content (AvgIpc) is 2.47. The van der Waals surface area contributed by atoms with Crippen molar-refractivity contribution >= 4 is 15.9 Å². The van der Waals surface area contributed by atoms with Crippen molar-refractivity contribution in [3.8, 4) is 5.75 Å². The van der Waals surface area contributed by atoms with Gasteiger partial charge in [-0.1, -0.05) is 40.2 Å². The van der Waals surface area contributed by atoms with E-state index in [1.54, 1.807) is 7.11 Å². The van der Waals surface area contributed by atoms with Crippen LogP contribution < -0.4 is 4.74 Å². The zero-order chi connectivity index (χ0) is 14.9. The molecule has 1 aliphatic rings. The van der Waals surface area contributed by atoms with Crippen LogP contribution in [0.3, 0.4) is 0 Å². The highest BCUT2D eigenvalue weighted by Crippen LogP contribution is 2.34. The molecule has 0 amide bonds. The van der Waals surface area contributed by atoms with Crippen molar-refractivity contribution in [2.24, 2.45) is 0 Å². The first-order chi connectivity index (χ1) is 10.1. The van der Waals surface area contributed by atoms with Gasteiger partial charge in [0.25, 0.3) is 0 Å². The number of fused-ring (bicyclic) bond motifs is 1. The highest BCUT2D eigenvalue weighted by Gasteiger charge is 2.33. The van der Waals surface area contributed by atoms with E-state index in [2.05, 4.69) is 34.1 Å². The predicted molar refractivity (Wildman–Crippen MR) is 87.8 cm³/mol. The number of aryl methyl sites for hydroxylation is 1. The summed E-state index contributed by atoms with van der Waals surface area (Å²) in [6.07, 6.45) is 3.05. The molecule has 0 fully saturated rings. The van der Waals surface area contributed by atoms with Gasteiger partial charge in [-0.05, 0) is 47.7 Å². The fourth-order valence-corrected chi connectivity index (χ4v) is 3.58. The minimum absolute atomic E-state index is 0.615. The number of benzene rings is 2. The Kier molecular flexibility index (Phi) is 4.05. The summed E-state index contributed by atoms with van der Waals surface area (Å²) in [7, 11) is 1.67. The summed E-state index contributed by atoms with van der Waals surface area (Å²) in [5.41, 5.74) is 2.99. The van der Waals surface area contributed by atoms with Crippen LogP contribution in [-0.4, -0.2) is 17.8 Å². The Balaban J connectivity index is 1.87. The van der Waals surface area contributed by atoms with Crippen molar-refractivity contribution in [1.29, 1.82) is 0 Å². The van der Waals surface area contributed by atoms with Crippen LogP contribution in [-0.2, 0) is 19.3 Å². The molecule has 0 spiro atoms. The van der Waals surface area contributed by atoms with E-state index in [0.29, 0.717) is 12.8 Å². The molecule has 1 N–H and O–H groups in total. The maximum absolute atomic E-state index is 11.0. The van der Waals surface area contributed by atoms with Crippen LogP contribution in [0.5, 0.6) is 5.75 Å². The van der Waals surface area contributed by atoms with Crippen molar-refractivity contribution in [3.05, 3.63) is 63.6 Å². The second-order valence-electron chi connectivity index (χ2n) is 5.80. The van der Waals surface area contributed by atoms with E-state index >= 15 is 0 Å². The number of ether oxygens (including phenoxy) is 1. The number of hydrogen-bond donors (Lipinski definition) is 1. The van der Waals surface area contributed by atoms with Crippen LogP contribution in [0.25, 0.3) is 0 Å².